The summed E-state index contributed by atoms with van der Waals surface area (Å²) in [6.45, 7) is 2.31. The molecule has 2 aromatic carbocycles. The molecule has 3 heteroatoms. The van der Waals surface area contributed by atoms with Gasteiger partial charge in [-0.25, -0.2) is 0 Å². The third kappa shape index (κ3) is 4.23. The Balaban J connectivity index is 1.61. The molecule has 0 amide bonds. The third-order valence-corrected chi connectivity index (χ3v) is 4.17. The van der Waals surface area contributed by atoms with Gasteiger partial charge < -0.3 is 10.1 Å². The molecule has 0 atom stereocenters. The van der Waals surface area contributed by atoms with Crippen molar-refractivity contribution in [3.63, 3.8) is 0 Å². The molecular formula is C18H20ClNO. The van der Waals surface area contributed by atoms with Crippen LogP contribution in [0.15, 0.2) is 48.5 Å². The predicted molar refractivity (Wildman–Crippen MR) is 87.3 cm³/mol. The summed E-state index contributed by atoms with van der Waals surface area (Å²) in [4.78, 5) is 0. The van der Waals surface area contributed by atoms with Crippen molar-refractivity contribution in [1.29, 1.82) is 0 Å². The normalized spacial score (nSPS) is 15.9. The minimum absolute atomic E-state index is 0.690. The van der Waals surface area contributed by atoms with E-state index >= 15 is 0 Å². The van der Waals surface area contributed by atoms with Gasteiger partial charge in [-0.05, 0) is 74.2 Å². The minimum Gasteiger partial charge on any atom is -0.457 e. The first-order chi connectivity index (χ1) is 10.3. The standard InChI is InChI=1S/C18H20ClNO/c19-16-2-1-3-18(13-16)21-17-6-4-14(5-7-17)12-15-8-10-20-11-9-15/h1-7,13,15,20H,8-12H2. The number of piperidine rings is 1. The molecule has 2 aromatic rings. The van der Waals surface area contributed by atoms with Crippen LogP contribution in [-0.2, 0) is 6.42 Å². The Labute approximate surface area is 131 Å². The van der Waals surface area contributed by atoms with E-state index in [-0.39, 0.29) is 0 Å². The predicted octanol–water partition coefficient (Wildman–Crippen LogP) is 4.67. The van der Waals surface area contributed by atoms with Gasteiger partial charge in [-0.2, -0.15) is 0 Å². The van der Waals surface area contributed by atoms with E-state index in [4.69, 9.17) is 16.3 Å². The van der Waals surface area contributed by atoms with E-state index < -0.39 is 0 Å². The summed E-state index contributed by atoms with van der Waals surface area (Å²) >= 11 is 5.96. The second kappa shape index (κ2) is 6.97. The van der Waals surface area contributed by atoms with Crippen molar-refractivity contribution in [2.45, 2.75) is 19.3 Å². The highest BCUT2D eigenvalue weighted by Crippen LogP contribution is 2.25. The molecule has 0 aliphatic carbocycles. The second-order valence-corrected chi connectivity index (χ2v) is 6.04. The zero-order valence-corrected chi connectivity index (χ0v) is 12.8. The van der Waals surface area contributed by atoms with Gasteiger partial charge in [0.05, 0.1) is 0 Å². The molecule has 1 N–H and O–H groups in total. The zero-order valence-electron chi connectivity index (χ0n) is 12.0. The third-order valence-electron chi connectivity index (χ3n) is 3.94. The summed E-state index contributed by atoms with van der Waals surface area (Å²) in [5.74, 6) is 2.44. The number of ether oxygens (including phenoxy) is 1. The van der Waals surface area contributed by atoms with Gasteiger partial charge in [0, 0.05) is 5.02 Å². The SMILES string of the molecule is Clc1cccc(Oc2ccc(CC3CCNCC3)cc2)c1. The van der Waals surface area contributed by atoms with Crippen LogP contribution >= 0.6 is 11.6 Å². The van der Waals surface area contributed by atoms with Crippen LogP contribution in [0.3, 0.4) is 0 Å². The molecule has 1 saturated heterocycles. The first-order valence-corrected chi connectivity index (χ1v) is 7.90. The molecule has 0 bridgehead atoms. The van der Waals surface area contributed by atoms with Gasteiger partial charge in [-0.3, -0.25) is 0 Å². The van der Waals surface area contributed by atoms with Crippen LogP contribution in [-0.4, -0.2) is 13.1 Å². The number of hydrogen-bond donors (Lipinski definition) is 1. The molecule has 0 aromatic heterocycles. The van der Waals surface area contributed by atoms with Gasteiger partial charge in [0.1, 0.15) is 11.5 Å². The first-order valence-electron chi connectivity index (χ1n) is 7.53. The highest BCUT2D eigenvalue weighted by atomic mass is 35.5. The van der Waals surface area contributed by atoms with Crippen molar-refractivity contribution < 1.29 is 4.74 Å². The Hall–Kier alpha value is -1.51. The van der Waals surface area contributed by atoms with Crippen LogP contribution in [0.5, 0.6) is 11.5 Å². The smallest absolute Gasteiger partial charge is 0.128 e. The Morgan fingerprint density at radius 1 is 1.00 bits per heavy atom. The van der Waals surface area contributed by atoms with Gasteiger partial charge in [0.2, 0.25) is 0 Å². The van der Waals surface area contributed by atoms with Crippen molar-refractivity contribution in [2.24, 2.45) is 5.92 Å². The molecule has 110 valence electrons. The monoisotopic (exact) mass is 301 g/mol. The zero-order chi connectivity index (χ0) is 14.5. The molecule has 0 spiro atoms. The lowest BCUT2D eigenvalue weighted by atomic mass is 9.91. The van der Waals surface area contributed by atoms with Crippen molar-refractivity contribution in [3.8, 4) is 11.5 Å². The number of rotatable bonds is 4. The molecule has 0 unspecified atom stereocenters. The molecule has 1 aliphatic rings. The van der Waals surface area contributed by atoms with Gasteiger partial charge >= 0.3 is 0 Å². The van der Waals surface area contributed by atoms with Gasteiger partial charge in [-0.1, -0.05) is 29.8 Å². The molecule has 0 saturated carbocycles. The van der Waals surface area contributed by atoms with E-state index in [1.165, 1.54) is 24.8 Å². The number of halogens is 1. The van der Waals surface area contributed by atoms with Crippen molar-refractivity contribution in [1.82, 2.24) is 5.32 Å². The van der Waals surface area contributed by atoms with Crippen molar-refractivity contribution in [3.05, 3.63) is 59.1 Å². The van der Waals surface area contributed by atoms with Gasteiger partial charge in [0.25, 0.3) is 0 Å². The Morgan fingerprint density at radius 2 is 1.76 bits per heavy atom. The van der Waals surface area contributed by atoms with E-state index in [2.05, 4.69) is 17.4 Å². The van der Waals surface area contributed by atoms with Crippen molar-refractivity contribution >= 4 is 11.6 Å². The van der Waals surface area contributed by atoms with Crippen LogP contribution in [0.4, 0.5) is 0 Å². The molecule has 1 heterocycles. The lowest BCUT2D eigenvalue weighted by Crippen LogP contribution is -2.28. The largest absolute Gasteiger partial charge is 0.457 e. The molecule has 2 nitrogen and oxygen atoms in total. The summed E-state index contributed by atoms with van der Waals surface area (Å²) in [6, 6.07) is 15.9. The Morgan fingerprint density at radius 3 is 2.48 bits per heavy atom. The fourth-order valence-electron chi connectivity index (χ4n) is 2.78. The molecule has 3 rings (SSSR count). The van der Waals surface area contributed by atoms with Crippen LogP contribution < -0.4 is 10.1 Å². The minimum atomic E-state index is 0.690. The quantitative estimate of drug-likeness (QED) is 0.885. The summed E-state index contributed by atoms with van der Waals surface area (Å²) in [6.07, 6.45) is 3.72. The molecular weight excluding hydrogens is 282 g/mol. The van der Waals surface area contributed by atoms with Crippen molar-refractivity contribution in [2.75, 3.05) is 13.1 Å². The number of hydrogen-bond acceptors (Lipinski definition) is 2. The van der Waals surface area contributed by atoms with E-state index in [0.717, 1.165) is 30.5 Å². The van der Waals surface area contributed by atoms with E-state index in [0.29, 0.717) is 5.02 Å². The lowest BCUT2D eigenvalue weighted by molar-refractivity contribution is 0.372. The molecule has 21 heavy (non-hydrogen) atoms. The van der Waals surface area contributed by atoms with Crippen LogP contribution in [0.1, 0.15) is 18.4 Å². The maximum absolute atomic E-state index is 5.96. The van der Waals surface area contributed by atoms with E-state index in [1.54, 1.807) is 0 Å². The van der Waals surface area contributed by atoms with Crippen LogP contribution in [0.25, 0.3) is 0 Å². The van der Waals surface area contributed by atoms with Crippen LogP contribution in [0, 0.1) is 5.92 Å². The first kappa shape index (κ1) is 14.4. The average Bonchev–Trinajstić information content (AvgIpc) is 2.50. The van der Waals surface area contributed by atoms with Gasteiger partial charge in [-0.15, -0.1) is 0 Å². The van der Waals surface area contributed by atoms with Gasteiger partial charge in [0.15, 0.2) is 0 Å². The summed E-state index contributed by atoms with van der Waals surface area (Å²) in [5.41, 5.74) is 1.39. The number of benzene rings is 2. The summed E-state index contributed by atoms with van der Waals surface area (Å²) in [7, 11) is 0. The number of nitrogens with one attached hydrogen (secondary N) is 1. The molecule has 0 radical (unpaired) electrons. The Kier molecular flexibility index (Phi) is 4.79. The maximum Gasteiger partial charge on any atom is 0.128 e. The Bertz CT molecular complexity index is 576. The van der Waals surface area contributed by atoms with E-state index in [9.17, 15) is 0 Å². The summed E-state index contributed by atoms with van der Waals surface area (Å²) in [5, 5.41) is 4.10. The fraction of sp³-hybridized carbons (Fsp3) is 0.333. The highest BCUT2D eigenvalue weighted by Gasteiger charge is 2.13. The molecule has 1 fully saturated rings. The highest BCUT2D eigenvalue weighted by molar-refractivity contribution is 6.30. The second-order valence-electron chi connectivity index (χ2n) is 5.60. The average molecular weight is 302 g/mol. The van der Waals surface area contributed by atoms with E-state index in [1.807, 2.05) is 36.4 Å². The summed E-state index contributed by atoms with van der Waals surface area (Å²) < 4.78 is 5.81. The topological polar surface area (TPSA) is 21.3 Å². The fourth-order valence-corrected chi connectivity index (χ4v) is 2.96. The molecule has 1 aliphatic heterocycles. The van der Waals surface area contributed by atoms with Crippen LogP contribution in [0.2, 0.25) is 5.02 Å². The maximum atomic E-state index is 5.96. The lowest BCUT2D eigenvalue weighted by Gasteiger charge is -2.22.